The van der Waals surface area contributed by atoms with Gasteiger partial charge in [-0.1, -0.05) is 51.2 Å². The molecule has 2 aromatic carbocycles. The molecule has 3 aliphatic rings. The van der Waals surface area contributed by atoms with E-state index < -0.39 is 23.2 Å². The van der Waals surface area contributed by atoms with Gasteiger partial charge < -0.3 is 25.2 Å². The van der Waals surface area contributed by atoms with Crippen molar-refractivity contribution >= 4 is 30.2 Å². The zero-order valence-electron chi connectivity index (χ0n) is 25.6. The van der Waals surface area contributed by atoms with E-state index in [-0.39, 0.29) is 29.8 Å². The summed E-state index contributed by atoms with van der Waals surface area (Å²) in [4.78, 5) is 42.9. The fourth-order valence-corrected chi connectivity index (χ4v) is 6.95. The van der Waals surface area contributed by atoms with Crippen LogP contribution in [0.1, 0.15) is 93.5 Å². The molecule has 0 aromatic heterocycles. The molecule has 5 rings (SSSR count). The van der Waals surface area contributed by atoms with Crippen molar-refractivity contribution in [1.82, 2.24) is 15.1 Å². The normalized spacial score (nSPS) is 21.4. The van der Waals surface area contributed by atoms with E-state index in [0.717, 1.165) is 50.6 Å². The molecule has 0 bridgehead atoms. The van der Waals surface area contributed by atoms with Crippen molar-refractivity contribution in [3.63, 3.8) is 0 Å². The van der Waals surface area contributed by atoms with Gasteiger partial charge in [0.05, 0.1) is 11.2 Å². The third kappa shape index (κ3) is 7.73. The van der Waals surface area contributed by atoms with Crippen LogP contribution in [0.4, 0.5) is 0 Å². The molecule has 2 amide bonds. The van der Waals surface area contributed by atoms with E-state index in [0.29, 0.717) is 63.2 Å². The van der Waals surface area contributed by atoms with Gasteiger partial charge in [-0.05, 0) is 74.1 Å². The van der Waals surface area contributed by atoms with E-state index in [4.69, 9.17) is 9.84 Å². The van der Waals surface area contributed by atoms with Gasteiger partial charge in [0.25, 0.3) is 0 Å². The molecule has 10 heteroatoms. The molecule has 1 aliphatic carbocycles. The number of carbonyl (C=O) groups is 3. The second kappa shape index (κ2) is 14.8. The molecule has 0 unspecified atom stereocenters. The second-order valence-corrected chi connectivity index (χ2v) is 12.6. The number of amides is 2. The van der Waals surface area contributed by atoms with E-state index in [2.05, 4.69) is 17.1 Å². The summed E-state index contributed by atoms with van der Waals surface area (Å²) < 4.78 is 5.87. The van der Waals surface area contributed by atoms with E-state index in [1.54, 1.807) is 12.1 Å². The average molecular weight is 628 g/mol. The number of carbonyl (C=O) groups excluding carboxylic acids is 2. The molecule has 3 N–H and O–H groups in total. The lowest BCUT2D eigenvalue weighted by molar-refractivity contribution is -0.163. The fraction of sp³-hybridized carbons (Fsp3) is 0.559. The maximum Gasteiger partial charge on any atom is 0.335 e. The number of ether oxygens (including phenoxy) is 1. The lowest BCUT2D eigenvalue weighted by atomic mass is 9.77. The number of hydrogen-bond acceptors (Lipinski definition) is 6. The van der Waals surface area contributed by atoms with Crippen LogP contribution in [0.2, 0.25) is 0 Å². The molecule has 1 saturated carbocycles. The Labute approximate surface area is 266 Å². The first-order chi connectivity index (χ1) is 20.7. The van der Waals surface area contributed by atoms with E-state index in [9.17, 15) is 19.5 Å². The first-order valence-electron chi connectivity index (χ1n) is 15.9. The summed E-state index contributed by atoms with van der Waals surface area (Å²) in [5.74, 6) is 0.162. The first kappa shape index (κ1) is 33.7. The topological polar surface area (TPSA) is 119 Å². The quantitative estimate of drug-likeness (QED) is 0.280. The number of piperidine rings is 1. The van der Waals surface area contributed by atoms with Crippen LogP contribution in [0.15, 0.2) is 48.5 Å². The molecule has 2 heterocycles. The number of aromatic carboxylic acids is 1. The highest BCUT2D eigenvalue weighted by Crippen LogP contribution is 2.38. The summed E-state index contributed by atoms with van der Waals surface area (Å²) in [5.41, 5.74) is -0.376. The summed E-state index contributed by atoms with van der Waals surface area (Å²) >= 11 is 0. The summed E-state index contributed by atoms with van der Waals surface area (Å²) in [5, 5.41) is 23.3. The Hall–Kier alpha value is -3.14. The van der Waals surface area contributed by atoms with Gasteiger partial charge in [0.1, 0.15) is 23.1 Å². The molecule has 1 atom stereocenters. The number of benzene rings is 2. The van der Waals surface area contributed by atoms with Crippen LogP contribution >= 0.6 is 12.4 Å². The summed E-state index contributed by atoms with van der Waals surface area (Å²) in [6.45, 7) is 4.85. The molecule has 0 radical (unpaired) electrons. The number of carboxylic acids is 1. The van der Waals surface area contributed by atoms with E-state index in [1.807, 2.05) is 29.2 Å². The molecule has 240 valence electrons. The smallest absolute Gasteiger partial charge is 0.335 e. The van der Waals surface area contributed by atoms with Crippen molar-refractivity contribution in [3.8, 4) is 11.5 Å². The number of nitrogens with one attached hydrogen (secondary N) is 1. The number of halogens is 1. The van der Waals surface area contributed by atoms with Crippen LogP contribution in [0.25, 0.3) is 0 Å². The minimum absolute atomic E-state index is 0. The predicted molar refractivity (Wildman–Crippen MR) is 170 cm³/mol. The minimum Gasteiger partial charge on any atom is -0.478 e. The van der Waals surface area contributed by atoms with Gasteiger partial charge in [0, 0.05) is 32.6 Å². The van der Waals surface area contributed by atoms with Gasteiger partial charge in [-0.15, -0.1) is 12.4 Å². The Morgan fingerprint density at radius 2 is 1.55 bits per heavy atom. The molecule has 2 saturated heterocycles. The van der Waals surface area contributed by atoms with Crippen molar-refractivity contribution in [1.29, 1.82) is 0 Å². The number of piperazine rings is 1. The van der Waals surface area contributed by atoms with E-state index >= 15 is 0 Å². The summed E-state index contributed by atoms with van der Waals surface area (Å²) in [6, 6.07) is 13.5. The predicted octanol–water partition coefficient (Wildman–Crippen LogP) is 5.54. The summed E-state index contributed by atoms with van der Waals surface area (Å²) in [6.07, 6.45) is 8.81. The Bertz CT molecular complexity index is 1270. The van der Waals surface area contributed by atoms with Crippen molar-refractivity contribution in [3.05, 3.63) is 59.7 Å². The maximum absolute atomic E-state index is 13.9. The van der Waals surface area contributed by atoms with Gasteiger partial charge in [-0.3, -0.25) is 14.5 Å². The highest BCUT2D eigenvalue weighted by atomic mass is 35.5. The molecule has 3 fully saturated rings. The lowest BCUT2D eigenvalue weighted by Crippen LogP contribution is -2.73. The lowest BCUT2D eigenvalue weighted by Gasteiger charge is -2.52. The van der Waals surface area contributed by atoms with E-state index in [1.165, 1.54) is 12.1 Å². The van der Waals surface area contributed by atoms with Crippen molar-refractivity contribution < 1.29 is 29.3 Å². The molecule has 44 heavy (non-hydrogen) atoms. The van der Waals surface area contributed by atoms with Crippen LogP contribution in [0.5, 0.6) is 11.5 Å². The average Bonchev–Trinajstić information content (AvgIpc) is 3.00. The third-order valence-electron chi connectivity index (χ3n) is 9.51. The Morgan fingerprint density at radius 1 is 0.932 bits per heavy atom. The van der Waals surface area contributed by atoms with Gasteiger partial charge in [0.15, 0.2) is 0 Å². The van der Waals surface area contributed by atoms with Gasteiger partial charge in [0.2, 0.25) is 11.8 Å². The van der Waals surface area contributed by atoms with Crippen LogP contribution in [-0.2, 0) is 16.1 Å². The van der Waals surface area contributed by atoms with Gasteiger partial charge in [-0.2, -0.15) is 0 Å². The monoisotopic (exact) mass is 627 g/mol. The number of nitrogens with zero attached hydrogens (tertiary/aromatic N) is 2. The van der Waals surface area contributed by atoms with Crippen molar-refractivity contribution in [2.24, 2.45) is 0 Å². The molecular weight excluding hydrogens is 582 g/mol. The highest BCUT2D eigenvalue weighted by molar-refractivity contribution is 6.00. The Kier molecular flexibility index (Phi) is 11.3. The number of aliphatic hydroxyl groups is 1. The van der Waals surface area contributed by atoms with Gasteiger partial charge >= 0.3 is 5.97 Å². The third-order valence-corrected chi connectivity index (χ3v) is 9.51. The Morgan fingerprint density at radius 3 is 2.14 bits per heavy atom. The maximum atomic E-state index is 13.9. The van der Waals surface area contributed by atoms with Crippen molar-refractivity contribution in [2.75, 3.05) is 19.6 Å². The largest absolute Gasteiger partial charge is 0.478 e. The van der Waals surface area contributed by atoms with Crippen molar-refractivity contribution in [2.45, 2.75) is 101 Å². The van der Waals surface area contributed by atoms with Crippen LogP contribution in [-0.4, -0.2) is 74.6 Å². The minimum atomic E-state index is -0.974. The number of rotatable bonds is 11. The first-order valence-corrected chi connectivity index (χ1v) is 15.9. The standard InChI is InChI=1S/C34H45N3O6.ClH/c1-2-3-7-20-37-30(38)29(23-33(42)16-5-4-6-17-33)35-32(41)34(37)18-21-36(22-19-34)24-25-8-12-27(13-9-25)43-28-14-10-26(11-15-28)31(39)40;/h8-15,29,42H,2-7,16-24H2,1H3,(H,35,41)(H,39,40);1H/t29-;/m1./s1. The molecule has 9 nitrogen and oxygen atoms in total. The number of carboxylic acid groups (broad SMARTS) is 1. The van der Waals surface area contributed by atoms with Crippen LogP contribution < -0.4 is 10.1 Å². The number of hydrogen-bond donors (Lipinski definition) is 3. The van der Waals surface area contributed by atoms with Crippen LogP contribution in [0, 0.1) is 0 Å². The number of likely N-dealkylation sites (tertiary alicyclic amines) is 1. The fourth-order valence-electron chi connectivity index (χ4n) is 6.95. The molecule has 2 aromatic rings. The van der Waals surface area contributed by atoms with Gasteiger partial charge in [-0.25, -0.2) is 4.79 Å². The Balaban J connectivity index is 0.00000442. The molecular formula is C34H46ClN3O6. The SMILES string of the molecule is CCCCCN1C(=O)[C@@H](CC2(O)CCCCC2)NC(=O)C12CCN(Cc1ccc(Oc3ccc(C(=O)O)cc3)cc1)CC2.Cl. The van der Waals surface area contributed by atoms with Crippen LogP contribution in [0.3, 0.4) is 0 Å². The number of unbranched alkanes of at least 4 members (excludes halogenated alkanes) is 2. The molecule has 1 spiro atoms. The zero-order chi connectivity index (χ0) is 30.5. The molecule has 2 aliphatic heterocycles. The second-order valence-electron chi connectivity index (χ2n) is 12.6. The summed E-state index contributed by atoms with van der Waals surface area (Å²) in [7, 11) is 0. The zero-order valence-corrected chi connectivity index (χ0v) is 26.4. The highest BCUT2D eigenvalue weighted by Gasteiger charge is 2.54.